The molecule has 5 nitrogen and oxygen atoms in total. The molecule has 22 heavy (non-hydrogen) atoms. The molecule has 126 valence electrons. The van der Waals surface area contributed by atoms with E-state index in [1.807, 2.05) is 30.0 Å². The molecule has 1 aromatic rings. The Hall–Kier alpha value is -0.830. The molecule has 0 spiro atoms. The second-order valence-electron chi connectivity index (χ2n) is 5.08. The first-order chi connectivity index (χ1) is 9.95. The molecule has 7 heteroatoms. The van der Waals surface area contributed by atoms with Crippen LogP contribution < -0.4 is 20.1 Å². The maximum atomic E-state index is 5.30. The monoisotopic (exact) mass is 439 g/mol. The van der Waals surface area contributed by atoms with Crippen molar-refractivity contribution in [1.29, 1.82) is 0 Å². The minimum Gasteiger partial charge on any atom is -0.493 e. The first-order valence-corrected chi connectivity index (χ1v) is 7.93. The lowest BCUT2D eigenvalue weighted by molar-refractivity contribution is 0.355. The first-order valence-electron chi connectivity index (χ1n) is 6.70. The van der Waals surface area contributed by atoms with Gasteiger partial charge in [-0.15, -0.1) is 24.0 Å². The third kappa shape index (κ3) is 6.51. The number of benzene rings is 1. The summed E-state index contributed by atoms with van der Waals surface area (Å²) in [4.78, 5) is 4.23. The van der Waals surface area contributed by atoms with Crippen LogP contribution in [0.1, 0.15) is 13.8 Å². The van der Waals surface area contributed by atoms with Gasteiger partial charge in [0.15, 0.2) is 17.5 Å². The van der Waals surface area contributed by atoms with Gasteiger partial charge in [-0.05, 0) is 32.2 Å². The van der Waals surface area contributed by atoms with Crippen molar-refractivity contribution < 1.29 is 9.47 Å². The van der Waals surface area contributed by atoms with Gasteiger partial charge in [0.05, 0.1) is 14.2 Å². The summed E-state index contributed by atoms with van der Waals surface area (Å²) in [6, 6.07) is 5.67. The fraction of sp³-hybridized carbons (Fsp3) is 0.533. The smallest absolute Gasteiger partial charge is 0.195 e. The van der Waals surface area contributed by atoms with E-state index in [2.05, 4.69) is 35.7 Å². The number of hydrogen-bond donors (Lipinski definition) is 2. The molecule has 0 radical (unpaired) electrons. The van der Waals surface area contributed by atoms with Crippen LogP contribution in [0.15, 0.2) is 23.2 Å². The van der Waals surface area contributed by atoms with Crippen molar-refractivity contribution >= 4 is 47.4 Å². The van der Waals surface area contributed by atoms with Crippen LogP contribution in [0.2, 0.25) is 0 Å². The van der Waals surface area contributed by atoms with E-state index in [0.29, 0.717) is 11.5 Å². The molecule has 2 N–H and O–H groups in total. The predicted molar refractivity (Wildman–Crippen MR) is 108 cm³/mol. The van der Waals surface area contributed by atoms with E-state index in [4.69, 9.17) is 9.47 Å². The van der Waals surface area contributed by atoms with Crippen molar-refractivity contribution in [3.63, 3.8) is 0 Å². The van der Waals surface area contributed by atoms with E-state index in [-0.39, 0.29) is 28.7 Å². The van der Waals surface area contributed by atoms with Crippen LogP contribution in [-0.2, 0) is 0 Å². The number of ether oxygens (including phenoxy) is 2. The van der Waals surface area contributed by atoms with Gasteiger partial charge in [-0.2, -0.15) is 11.8 Å². The molecule has 0 atom stereocenters. The quantitative estimate of drug-likeness (QED) is 0.404. The average Bonchev–Trinajstić information content (AvgIpc) is 2.51. The number of hydrogen-bond acceptors (Lipinski definition) is 4. The highest BCUT2D eigenvalue weighted by atomic mass is 127. The van der Waals surface area contributed by atoms with Crippen molar-refractivity contribution in [2.75, 3.05) is 39.4 Å². The zero-order valence-corrected chi connectivity index (χ0v) is 17.2. The molecule has 1 aromatic carbocycles. The summed E-state index contributed by atoms with van der Waals surface area (Å²) >= 11 is 1.82. The number of anilines is 1. The molecular formula is C15H26IN3O2S. The fourth-order valence-corrected chi connectivity index (χ4v) is 1.82. The van der Waals surface area contributed by atoms with Gasteiger partial charge in [0.1, 0.15) is 0 Å². The Morgan fingerprint density at radius 2 is 1.86 bits per heavy atom. The summed E-state index contributed by atoms with van der Waals surface area (Å²) < 4.78 is 10.7. The number of guanidine groups is 1. The number of methoxy groups -OCH3 is 2. The van der Waals surface area contributed by atoms with Crippen molar-refractivity contribution in [2.24, 2.45) is 4.99 Å². The molecule has 0 aromatic heterocycles. The molecule has 0 aliphatic carbocycles. The van der Waals surface area contributed by atoms with E-state index in [1.165, 1.54) is 0 Å². The van der Waals surface area contributed by atoms with E-state index < -0.39 is 0 Å². The Labute approximate surface area is 154 Å². The number of nitrogens with zero attached hydrogens (tertiary/aromatic N) is 1. The van der Waals surface area contributed by atoms with Crippen molar-refractivity contribution in [3.05, 3.63) is 18.2 Å². The average molecular weight is 439 g/mol. The van der Waals surface area contributed by atoms with Crippen LogP contribution in [0.5, 0.6) is 11.5 Å². The maximum absolute atomic E-state index is 5.30. The molecule has 0 amide bonds. The topological polar surface area (TPSA) is 54.9 Å². The molecule has 0 bridgehead atoms. The van der Waals surface area contributed by atoms with E-state index in [1.54, 1.807) is 21.3 Å². The van der Waals surface area contributed by atoms with E-state index in [9.17, 15) is 0 Å². The number of rotatable bonds is 6. The van der Waals surface area contributed by atoms with Gasteiger partial charge >= 0.3 is 0 Å². The van der Waals surface area contributed by atoms with Crippen LogP contribution in [0.3, 0.4) is 0 Å². The number of aliphatic imine (C=N–C) groups is 1. The summed E-state index contributed by atoms with van der Waals surface area (Å²) in [5, 5.41) is 6.57. The lowest BCUT2D eigenvalue weighted by Gasteiger charge is -2.23. The maximum Gasteiger partial charge on any atom is 0.195 e. The Balaban J connectivity index is 0.00000441. The molecule has 0 aliphatic rings. The van der Waals surface area contributed by atoms with Gasteiger partial charge in [-0.1, -0.05) is 0 Å². The third-order valence-electron chi connectivity index (χ3n) is 3.10. The standard InChI is InChI=1S/C15H25N3O2S.HI/c1-15(2,21-6)10-17-14(16-3)18-11-7-8-12(19-4)13(9-11)20-5;/h7-9H,10H2,1-6H3,(H2,16,17,18);1H. The van der Waals surface area contributed by atoms with Crippen molar-refractivity contribution in [3.8, 4) is 11.5 Å². The summed E-state index contributed by atoms with van der Waals surface area (Å²) in [6.45, 7) is 5.20. The van der Waals surface area contributed by atoms with Gasteiger partial charge in [0.2, 0.25) is 0 Å². The summed E-state index contributed by atoms with van der Waals surface area (Å²) in [5.41, 5.74) is 0.891. The summed E-state index contributed by atoms with van der Waals surface area (Å²) in [5.74, 6) is 2.11. The van der Waals surface area contributed by atoms with E-state index in [0.717, 1.165) is 18.2 Å². The van der Waals surface area contributed by atoms with Gasteiger partial charge in [0, 0.05) is 30.1 Å². The zero-order valence-electron chi connectivity index (χ0n) is 14.0. The van der Waals surface area contributed by atoms with Gasteiger partial charge in [-0.25, -0.2) is 0 Å². The second-order valence-corrected chi connectivity index (χ2v) is 6.60. The van der Waals surface area contributed by atoms with Crippen LogP contribution >= 0.6 is 35.7 Å². The van der Waals surface area contributed by atoms with Crippen LogP contribution in [0, 0.1) is 0 Å². The second kappa shape index (κ2) is 10.0. The van der Waals surface area contributed by atoms with Crippen molar-refractivity contribution in [2.45, 2.75) is 18.6 Å². The molecule has 0 unspecified atom stereocenters. The number of halogens is 1. The fourth-order valence-electron chi connectivity index (χ4n) is 1.60. The molecule has 1 rings (SSSR count). The highest BCUT2D eigenvalue weighted by Crippen LogP contribution is 2.29. The molecule has 0 fully saturated rings. The van der Waals surface area contributed by atoms with Crippen molar-refractivity contribution in [1.82, 2.24) is 5.32 Å². The van der Waals surface area contributed by atoms with Gasteiger partial charge < -0.3 is 20.1 Å². The zero-order chi connectivity index (χ0) is 15.9. The Morgan fingerprint density at radius 3 is 2.36 bits per heavy atom. The molecule has 0 heterocycles. The van der Waals surface area contributed by atoms with Crippen LogP contribution in [0.25, 0.3) is 0 Å². The molecule has 0 saturated carbocycles. The molecule has 0 aliphatic heterocycles. The third-order valence-corrected chi connectivity index (χ3v) is 4.35. The normalized spacial score (nSPS) is 11.5. The Kier molecular flexibility index (Phi) is 9.66. The minimum atomic E-state index is 0. The van der Waals surface area contributed by atoms with Crippen LogP contribution in [-0.4, -0.2) is 44.8 Å². The summed E-state index contributed by atoms with van der Waals surface area (Å²) in [6.07, 6.45) is 2.10. The van der Waals surface area contributed by atoms with Gasteiger partial charge in [-0.3, -0.25) is 4.99 Å². The first kappa shape index (κ1) is 21.2. The summed E-state index contributed by atoms with van der Waals surface area (Å²) in [7, 11) is 4.99. The Morgan fingerprint density at radius 1 is 1.23 bits per heavy atom. The lowest BCUT2D eigenvalue weighted by atomic mass is 10.2. The SMILES string of the molecule is CN=C(NCC(C)(C)SC)Nc1ccc(OC)c(OC)c1.I. The van der Waals surface area contributed by atoms with E-state index >= 15 is 0 Å². The molecular weight excluding hydrogens is 413 g/mol. The highest BCUT2D eigenvalue weighted by Gasteiger charge is 2.16. The van der Waals surface area contributed by atoms with Crippen LogP contribution in [0.4, 0.5) is 5.69 Å². The number of nitrogens with one attached hydrogen (secondary N) is 2. The lowest BCUT2D eigenvalue weighted by Crippen LogP contribution is -2.39. The number of thioether (sulfide) groups is 1. The minimum absolute atomic E-state index is 0. The van der Waals surface area contributed by atoms with Gasteiger partial charge in [0.25, 0.3) is 0 Å². The predicted octanol–water partition coefficient (Wildman–Crippen LogP) is 3.45. The largest absolute Gasteiger partial charge is 0.493 e. The molecule has 0 saturated heterocycles. The highest BCUT2D eigenvalue weighted by molar-refractivity contribution is 14.0. The Bertz CT molecular complexity index is 496.